The fourth-order valence-electron chi connectivity index (χ4n) is 4.58. The second-order valence-electron chi connectivity index (χ2n) is 8.41. The third kappa shape index (κ3) is 4.37. The van der Waals surface area contributed by atoms with Gasteiger partial charge in [-0.3, -0.25) is 14.5 Å². The van der Waals surface area contributed by atoms with Gasteiger partial charge in [0.05, 0.1) is 0 Å². The Morgan fingerprint density at radius 2 is 1.97 bits per heavy atom. The van der Waals surface area contributed by atoms with Gasteiger partial charge in [-0.05, 0) is 44.6 Å². The number of nitrogens with zero attached hydrogens (tertiary/aromatic N) is 4. The molecule has 1 aromatic carbocycles. The monoisotopic (exact) mass is 406 g/mol. The third-order valence-corrected chi connectivity index (χ3v) is 6.28. The number of aryl methyl sites for hydroxylation is 2. The first-order valence-corrected chi connectivity index (χ1v) is 11.0. The van der Waals surface area contributed by atoms with E-state index in [2.05, 4.69) is 12.1 Å². The number of hydrogen-bond acceptors (Lipinski definition) is 4. The SMILES string of the molecule is CC(=O)N1CCC[C@@H](c2nc(C)c3c(n2)N(CCCc2ccccc2)C(=O)CC3)C1. The summed E-state index contributed by atoms with van der Waals surface area (Å²) >= 11 is 0. The minimum atomic E-state index is 0.104. The van der Waals surface area contributed by atoms with E-state index >= 15 is 0 Å². The largest absolute Gasteiger partial charge is 0.342 e. The van der Waals surface area contributed by atoms with E-state index in [0.29, 0.717) is 25.9 Å². The van der Waals surface area contributed by atoms with Gasteiger partial charge in [-0.1, -0.05) is 30.3 Å². The van der Waals surface area contributed by atoms with Crippen LogP contribution in [0.2, 0.25) is 0 Å². The topological polar surface area (TPSA) is 66.4 Å². The molecule has 0 bridgehead atoms. The second-order valence-corrected chi connectivity index (χ2v) is 8.41. The second kappa shape index (κ2) is 8.94. The number of piperidine rings is 1. The van der Waals surface area contributed by atoms with E-state index in [1.807, 2.05) is 34.9 Å². The van der Waals surface area contributed by atoms with Crippen molar-refractivity contribution in [2.45, 2.75) is 58.3 Å². The Hall–Kier alpha value is -2.76. The maximum absolute atomic E-state index is 12.8. The van der Waals surface area contributed by atoms with E-state index < -0.39 is 0 Å². The molecule has 1 fully saturated rings. The maximum Gasteiger partial charge on any atom is 0.228 e. The average Bonchev–Trinajstić information content (AvgIpc) is 2.76. The molecule has 6 heteroatoms. The van der Waals surface area contributed by atoms with Crippen LogP contribution >= 0.6 is 0 Å². The summed E-state index contributed by atoms with van der Waals surface area (Å²) in [7, 11) is 0. The van der Waals surface area contributed by atoms with Gasteiger partial charge in [0.1, 0.15) is 11.6 Å². The molecule has 1 atom stereocenters. The molecular formula is C24H30N4O2. The standard InChI is InChI=1S/C24H30N4O2/c1-17-21-12-13-22(30)28(15-6-10-19-8-4-3-5-9-19)24(21)26-23(25-17)20-11-7-14-27(16-20)18(2)29/h3-5,8-9,20H,6-7,10-16H2,1-2H3/t20-/m1/s1. The van der Waals surface area contributed by atoms with Gasteiger partial charge >= 0.3 is 0 Å². The molecule has 2 aliphatic heterocycles. The van der Waals surface area contributed by atoms with Crippen LogP contribution in [0.3, 0.4) is 0 Å². The summed E-state index contributed by atoms with van der Waals surface area (Å²) in [5.74, 6) is 1.96. The van der Waals surface area contributed by atoms with Gasteiger partial charge in [0.15, 0.2) is 0 Å². The minimum Gasteiger partial charge on any atom is -0.342 e. The smallest absolute Gasteiger partial charge is 0.228 e. The Morgan fingerprint density at radius 3 is 2.73 bits per heavy atom. The maximum atomic E-state index is 12.8. The van der Waals surface area contributed by atoms with Gasteiger partial charge in [0.2, 0.25) is 11.8 Å². The Balaban J connectivity index is 1.55. The first kappa shape index (κ1) is 20.5. The van der Waals surface area contributed by atoms with Crippen LogP contribution in [0.25, 0.3) is 0 Å². The van der Waals surface area contributed by atoms with Crippen molar-refractivity contribution in [2.24, 2.45) is 0 Å². The summed E-state index contributed by atoms with van der Waals surface area (Å²) < 4.78 is 0. The van der Waals surface area contributed by atoms with Crippen molar-refractivity contribution < 1.29 is 9.59 Å². The van der Waals surface area contributed by atoms with Crippen LogP contribution in [0.4, 0.5) is 5.82 Å². The van der Waals surface area contributed by atoms with E-state index in [1.54, 1.807) is 6.92 Å². The van der Waals surface area contributed by atoms with Crippen molar-refractivity contribution >= 4 is 17.6 Å². The number of fused-ring (bicyclic) bond motifs is 1. The zero-order valence-corrected chi connectivity index (χ0v) is 17.9. The predicted molar refractivity (Wildman–Crippen MR) is 116 cm³/mol. The molecule has 2 aliphatic rings. The van der Waals surface area contributed by atoms with Crippen molar-refractivity contribution in [3.8, 4) is 0 Å². The molecular weight excluding hydrogens is 376 g/mol. The molecule has 3 heterocycles. The first-order valence-electron chi connectivity index (χ1n) is 11.0. The predicted octanol–water partition coefficient (Wildman–Crippen LogP) is 3.42. The quantitative estimate of drug-likeness (QED) is 0.763. The molecule has 2 aromatic rings. The first-order chi connectivity index (χ1) is 14.5. The molecule has 0 radical (unpaired) electrons. The van der Waals surface area contributed by atoms with E-state index in [9.17, 15) is 9.59 Å². The molecule has 0 aliphatic carbocycles. The number of carbonyl (C=O) groups is 2. The minimum absolute atomic E-state index is 0.104. The van der Waals surface area contributed by atoms with Gasteiger partial charge in [-0.15, -0.1) is 0 Å². The Kier molecular flexibility index (Phi) is 6.11. The highest BCUT2D eigenvalue weighted by Gasteiger charge is 2.31. The lowest BCUT2D eigenvalue weighted by Gasteiger charge is -2.33. The molecule has 0 N–H and O–H groups in total. The number of benzene rings is 1. The zero-order valence-electron chi connectivity index (χ0n) is 17.9. The normalized spacial score (nSPS) is 19.0. The van der Waals surface area contributed by atoms with E-state index in [4.69, 9.17) is 9.97 Å². The van der Waals surface area contributed by atoms with Crippen molar-refractivity contribution in [2.75, 3.05) is 24.5 Å². The van der Waals surface area contributed by atoms with Crippen LogP contribution in [0.1, 0.15) is 61.2 Å². The Bertz CT molecular complexity index is 928. The average molecular weight is 407 g/mol. The highest BCUT2D eigenvalue weighted by molar-refractivity contribution is 5.95. The van der Waals surface area contributed by atoms with Crippen molar-refractivity contribution in [3.05, 3.63) is 53.0 Å². The molecule has 158 valence electrons. The van der Waals surface area contributed by atoms with Crippen molar-refractivity contribution in [3.63, 3.8) is 0 Å². The lowest BCUT2D eigenvalue weighted by Crippen LogP contribution is -2.40. The number of hydrogen-bond donors (Lipinski definition) is 0. The van der Waals surface area contributed by atoms with Crippen LogP contribution in [0.5, 0.6) is 0 Å². The Morgan fingerprint density at radius 1 is 1.17 bits per heavy atom. The van der Waals surface area contributed by atoms with Crippen LogP contribution in [0, 0.1) is 6.92 Å². The van der Waals surface area contributed by atoms with Gasteiger partial charge < -0.3 is 4.90 Å². The molecule has 30 heavy (non-hydrogen) atoms. The van der Waals surface area contributed by atoms with Gasteiger partial charge in [0, 0.05) is 50.2 Å². The number of amides is 2. The molecule has 6 nitrogen and oxygen atoms in total. The van der Waals surface area contributed by atoms with Crippen molar-refractivity contribution in [1.29, 1.82) is 0 Å². The summed E-state index contributed by atoms with van der Waals surface area (Å²) in [5, 5.41) is 0. The summed E-state index contributed by atoms with van der Waals surface area (Å²) in [6.07, 6.45) is 5.00. The molecule has 1 saturated heterocycles. The summed E-state index contributed by atoms with van der Waals surface area (Å²) in [4.78, 5) is 38.0. The van der Waals surface area contributed by atoms with Crippen LogP contribution in [-0.2, 0) is 22.4 Å². The molecule has 0 unspecified atom stereocenters. The number of aromatic nitrogens is 2. The zero-order chi connectivity index (χ0) is 21.1. The summed E-state index contributed by atoms with van der Waals surface area (Å²) in [5.41, 5.74) is 3.35. The van der Waals surface area contributed by atoms with Crippen molar-refractivity contribution in [1.82, 2.24) is 14.9 Å². The number of rotatable bonds is 5. The van der Waals surface area contributed by atoms with Gasteiger partial charge in [0.25, 0.3) is 0 Å². The third-order valence-electron chi connectivity index (χ3n) is 6.28. The van der Waals surface area contributed by atoms with Crippen LogP contribution < -0.4 is 4.90 Å². The van der Waals surface area contributed by atoms with Crippen LogP contribution in [-0.4, -0.2) is 46.3 Å². The number of carbonyl (C=O) groups excluding carboxylic acids is 2. The van der Waals surface area contributed by atoms with E-state index in [0.717, 1.165) is 55.1 Å². The lowest BCUT2D eigenvalue weighted by molar-refractivity contribution is -0.130. The number of likely N-dealkylation sites (tertiary alicyclic amines) is 1. The number of anilines is 1. The van der Waals surface area contributed by atoms with Gasteiger partial charge in [-0.2, -0.15) is 0 Å². The highest BCUT2D eigenvalue weighted by atomic mass is 16.2. The van der Waals surface area contributed by atoms with Crippen LogP contribution in [0.15, 0.2) is 30.3 Å². The lowest BCUT2D eigenvalue weighted by atomic mass is 9.96. The molecule has 4 rings (SSSR count). The van der Waals surface area contributed by atoms with E-state index in [1.165, 1.54) is 5.56 Å². The summed E-state index contributed by atoms with van der Waals surface area (Å²) in [6.45, 7) is 5.78. The van der Waals surface area contributed by atoms with E-state index in [-0.39, 0.29) is 17.7 Å². The van der Waals surface area contributed by atoms with Gasteiger partial charge in [-0.25, -0.2) is 9.97 Å². The Labute approximate surface area is 178 Å². The fraction of sp³-hybridized carbons (Fsp3) is 0.500. The molecule has 0 saturated carbocycles. The molecule has 0 spiro atoms. The fourth-order valence-corrected chi connectivity index (χ4v) is 4.58. The highest BCUT2D eigenvalue weighted by Crippen LogP contribution is 2.32. The summed E-state index contributed by atoms with van der Waals surface area (Å²) in [6, 6.07) is 10.4. The molecule has 1 aromatic heterocycles. The molecule has 2 amide bonds.